The predicted octanol–water partition coefficient (Wildman–Crippen LogP) is 4.38. The lowest BCUT2D eigenvalue weighted by Crippen LogP contribution is -2.39. The van der Waals surface area contributed by atoms with E-state index in [1.165, 1.54) is 12.0 Å². The number of aliphatic hydroxyl groups excluding tert-OH is 1. The fourth-order valence-electron chi connectivity index (χ4n) is 4.45. The molecule has 1 aliphatic carbocycles. The maximum atomic E-state index is 10.5. The van der Waals surface area contributed by atoms with Crippen molar-refractivity contribution in [2.45, 2.75) is 58.5 Å². The summed E-state index contributed by atoms with van der Waals surface area (Å²) in [7, 11) is 0. The van der Waals surface area contributed by atoms with Crippen LogP contribution in [0.3, 0.4) is 0 Å². The first kappa shape index (κ1) is 14.9. The molecule has 0 bridgehead atoms. The molecule has 2 nitrogen and oxygen atoms in total. The molecule has 1 fully saturated rings. The molecule has 1 aromatic rings. The van der Waals surface area contributed by atoms with Gasteiger partial charge in [0.25, 0.3) is 0 Å². The summed E-state index contributed by atoms with van der Waals surface area (Å²) in [5.41, 5.74) is 1.51. The summed E-state index contributed by atoms with van der Waals surface area (Å²) in [6.07, 6.45) is 4.33. The van der Waals surface area contributed by atoms with E-state index in [0.717, 1.165) is 31.6 Å². The summed E-state index contributed by atoms with van der Waals surface area (Å²) in [6.45, 7) is 7.71. The van der Waals surface area contributed by atoms with Crippen LogP contribution in [0.15, 0.2) is 24.3 Å². The van der Waals surface area contributed by atoms with Gasteiger partial charge in [-0.25, -0.2) is 0 Å². The third kappa shape index (κ3) is 2.96. The van der Waals surface area contributed by atoms with E-state index in [1.54, 1.807) is 0 Å². The molecule has 0 radical (unpaired) electrons. The highest BCUT2D eigenvalue weighted by Crippen LogP contribution is 2.47. The minimum atomic E-state index is -0.138. The molecule has 3 rings (SSSR count). The van der Waals surface area contributed by atoms with Crippen LogP contribution in [0.5, 0.6) is 5.75 Å². The molecule has 4 atom stereocenters. The van der Waals surface area contributed by atoms with Crippen molar-refractivity contribution >= 4 is 0 Å². The van der Waals surface area contributed by atoms with Crippen LogP contribution >= 0.6 is 0 Å². The maximum Gasteiger partial charge on any atom is 0.122 e. The van der Waals surface area contributed by atoms with E-state index in [9.17, 15) is 5.11 Å². The van der Waals surface area contributed by atoms with Gasteiger partial charge in [0.15, 0.2) is 0 Å². The lowest BCUT2D eigenvalue weighted by Gasteiger charge is -2.43. The molecule has 1 N–H and O–H groups in total. The number of benzene rings is 1. The maximum absolute atomic E-state index is 10.5. The van der Waals surface area contributed by atoms with Crippen molar-refractivity contribution in [1.29, 1.82) is 0 Å². The highest BCUT2D eigenvalue weighted by atomic mass is 16.5. The van der Waals surface area contributed by atoms with Gasteiger partial charge in [0.05, 0.1) is 12.7 Å². The van der Waals surface area contributed by atoms with Crippen LogP contribution in [0.1, 0.15) is 57.9 Å². The molecule has 4 unspecified atom stereocenters. The molecule has 1 heterocycles. The molecule has 1 saturated carbocycles. The molecule has 2 aliphatic rings. The molecule has 0 saturated heterocycles. The first-order valence-corrected chi connectivity index (χ1v) is 8.37. The number of aliphatic hydroxyl groups is 1. The standard InChI is InChI=1S/C19H28O2/c1-13-8-9-16(17(20)10-13)19(2,3)11-14-12-21-18-7-5-4-6-15(14)18/h4-7,13-14,16-17,20H,8-12H2,1-3H3. The molecular formula is C19H28O2. The molecule has 0 aromatic heterocycles. The SMILES string of the molecule is CC1CCC(C(C)(C)CC2COc3ccccc32)C(O)C1. The Labute approximate surface area is 128 Å². The summed E-state index contributed by atoms with van der Waals surface area (Å²) in [6, 6.07) is 8.41. The zero-order valence-corrected chi connectivity index (χ0v) is 13.5. The second-order valence-electron chi connectivity index (χ2n) is 7.83. The smallest absolute Gasteiger partial charge is 0.122 e. The van der Waals surface area contributed by atoms with E-state index in [1.807, 2.05) is 6.07 Å². The Balaban J connectivity index is 1.72. The van der Waals surface area contributed by atoms with Crippen molar-refractivity contribution in [3.63, 3.8) is 0 Å². The Morgan fingerprint density at radius 1 is 1.24 bits per heavy atom. The van der Waals surface area contributed by atoms with Gasteiger partial charge in [-0.1, -0.05) is 45.4 Å². The van der Waals surface area contributed by atoms with Gasteiger partial charge in [0.2, 0.25) is 0 Å². The number of hydrogen-bond donors (Lipinski definition) is 1. The number of fused-ring (bicyclic) bond motifs is 1. The minimum absolute atomic E-state index is 0.138. The van der Waals surface area contributed by atoms with Crippen molar-refractivity contribution in [3.8, 4) is 5.75 Å². The van der Waals surface area contributed by atoms with Gasteiger partial charge in [-0.15, -0.1) is 0 Å². The second-order valence-corrected chi connectivity index (χ2v) is 7.83. The summed E-state index contributed by atoms with van der Waals surface area (Å²) < 4.78 is 5.83. The van der Waals surface area contributed by atoms with E-state index >= 15 is 0 Å². The predicted molar refractivity (Wildman–Crippen MR) is 85.6 cm³/mol. The molecular weight excluding hydrogens is 260 g/mol. The third-order valence-electron chi connectivity index (χ3n) is 5.65. The normalized spacial score (nSPS) is 32.6. The van der Waals surface area contributed by atoms with Crippen LogP contribution in [0.4, 0.5) is 0 Å². The number of rotatable bonds is 3. The Morgan fingerprint density at radius 2 is 2.00 bits per heavy atom. The molecule has 116 valence electrons. The average Bonchev–Trinajstić information content (AvgIpc) is 2.81. The highest BCUT2D eigenvalue weighted by Gasteiger charge is 2.40. The minimum Gasteiger partial charge on any atom is -0.493 e. The second kappa shape index (κ2) is 5.64. The van der Waals surface area contributed by atoms with E-state index in [-0.39, 0.29) is 11.5 Å². The monoisotopic (exact) mass is 288 g/mol. The molecule has 1 aliphatic heterocycles. The number of hydrogen-bond acceptors (Lipinski definition) is 2. The number of ether oxygens (including phenoxy) is 1. The molecule has 0 amide bonds. The summed E-state index contributed by atoms with van der Waals surface area (Å²) in [5, 5.41) is 10.5. The lowest BCUT2D eigenvalue weighted by atomic mass is 9.64. The van der Waals surface area contributed by atoms with Gasteiger partial charge in [-0.2, -0.15) is 0 Å². The van der Waals surface area contributed by atoms with Gasteiger partial charge in [-0.05, 0) is 42.6 Å². The molecule has 2 heteroatoms. The van der Waals surface area contributed by atoms with Crippen molar-refractivity contribution in [2.75, 3.05) is 6.61 Å². The van der Waals surface area contributed by atoms with Crippen LogP contribution in [-0.2, 0) is 0 Å². The zero-order valence-electron chi connectivity index (χ0n) is 13.5. The third-order valence-corrected chi connectivity index (χ3v) is 5.65. The van der Waals surface area contributed by atoms with Crippen LogP contribution in [-0.4, -0.2) is 17.8 Å². The topological polar surface area (TPSA) is 29.5 Å². The number of para-hydroxylation sites is 1. The van der Waals surface area contributed by atoms with Gasteiger partial charge < -0.3 is 9.84 Å². The van der Waals surface area contributed by atoms with Crippen molar-refractivity contribution < 1.29 is 9.84 Å². The Morgan fingerprint density at radius 3 is 2.76 bits per heavy atom. The fourth-order valence-corrected chi connectivity index (χ4v) is 4.45. The Kier molecular flexibility index (Phi) is 4.00. The largest absolute Gasteiger partial charge is 0.493 e. The van der Waals surface area contributed by atoms with Crippen LogP contribution in [0, 0.1) is 17.3 Å². The summed E-state index contributed by atoms with van der Waals surface area (Å²) in [4.78, 5) is 0. The van der Waals surface area contributed by atoms with Crippen molar-refractivity contribution in [2.24, 2.45) is 17.3 Å². The van der Waals surface area contributed by atoms with Gasteiger partial charge in [0.1, 0.15) is 5.75 Å². The molecule has 21 heavy (non-hydrogen) atoms. The zero-order chi connectivity index (χ0) is 15.0. The summed E-state index contributed by atoms with van der Waals surface area (Å²) in [5.74, 6) is 2.61. The quantitative estimate of drug-likeness (QED) is 0.894. The van der Waals surface area contributed by atoms with E-state index in [4.69, 9.17) is 4.74 Å². The van der Waals surface area contributed by atoms with Crippen LogP contribution in [0.2, 0.25) is 0 Å². The van der Waals surface area contributed by atoms with Crippen LogP contribution in [0.25, 0.3) is 0 Å². The fraction of sp³-hybridized carbons (Fsp3) is 0.684. The molecule has 1 aromatic carbocycles. The van der Waals surface area contributed by atoms with Gasteiger partial charge in [-0.3, -0.25) is 0 Å². The van der Waals surface area contributed by atoms with Crippen molar-refractivity contribution in [3.05, 3.63) is 29.8 Å². The highest BCUT2D eigenvalue weighted by molar-refractivity contribution is 5.39. The van der Waals surface area contributed by atoms with E-state index in [2.05, 4.69) is 39.0 Å². The molecule has 0 spiro atoms. The summed E-state index contributed by atoms with van der Waals surface area (Å²) >= 11 is 0. The Hall–Kier alpha value is -1.02. The van der Waals surface area contributed by atoms with Crippen molar-refractivity contribution in [1.82, 2.24) is 0 Å². The Bertz CT molecular complexity index is 494. The first-order chi connectivity index (χ1) is 9.97. The van der Waals surface area contributed by atoms with Gasteiger partial charge in [0, 0.05) is 11.5 Å². The average molecular weight is 288 g/mol. The van der Waals surface area contributed by atoms with Gasteiger partial charge >= 0.3 is 0 Å². The lowest BCUT2D eigenvalue weighted by molar-refractivity contribution is -0.0191. The van der Waals surface area contributed by atoms with Crippen LogP contribution < -0.4 is 4.74 Å². The van der Waals surface area contributed by atoms with E-state index in [0.29, 0.717) is 17.8 Å². The first-order valence-electron chi connectivity index (χ1n) is 8.37. The van der Waals surface area contributed by atoms with E-state index < -0.39 is 0 Å².